The van der Waals surface area contributed by atoms with Gasteiger partial charge in [-0.3, -0.25) is 0 Å². The molecular formula is C15H30O6S3. The molecule has 0 aromatic heterocycles. The summed E-state index contributed by atoms with van der Waals surface area (Å²) in [6.45, 7) is 6.85. The van der Waals surface area contributed by atoms with Crippen LogP contribution < -0.4 is 0 Å². The van der Waals surface area contributed by atoms with Crippen molar-refractivity contribution in [2.75, 3.05) is 39.6 Å². The van der Waals surface area contributed by atoms with Crippen molar-refractivity contribution in [3.8, 4) is 0 Å². The molecule has 6 nitrogen and oxygen atoms in total. The van der Waals surface area contributed by atoms with Crippen LogP contribution in [0.2, 0.25) is 0 Å². The summed E-state index contributed by atoms with van der Waals surface area (Å²) in [4.78, 5) is 0. The van der Waals surface area contributed by atoms with Gasteiger partial charge in [0.25, 0.3) is 0 Å². The van der Waals surface area contributed by atoms with Gasteiger partial charge < -0.3 is 29.5 Å². The third-order valence-corrected chi connectivity index (χ3v) is 3.15. The summed E-state index contributed by atoms with van der Waals surface area (Å²) in [5.41, 5.74) is 0. The Bertz CT molecular complexity index is 266. The Hall–Kier alpha value is -0.450. The molecule has 0 saturated carbocycles. The van der Waals surface area contributed by atoms with Gasteiger partial charge >= 0.3 is 0 Å². The van der Waals surface area contributed by atoms with Gasteiger partial charge in [-0.15, -0.1) is 0 Å². The lowest BCUT2D eigenvalue weighted by Crippen LogP contribution is -2.04. The molecule has 0 aliphatic carbocycles. The maximum atomic E-state index is 8.23. The Labute approximate surface area is 161 Å². The van der Waals surface area contributed by atoms with Crippen LogP contribution in [0.15, 0.2) is 0 Å². The molecule has 0 heterocycles. The Morgan fingerprint density at radius 2 is 0.792 bits per heavy atom. The zero-order valence-corrected chi connectivity index (χ0v) is 17.1. The van der Waals surface area contributed by atoms with Gasteiger partial charge in [-0.2, -0.15) is 0 Å². The van der Waals surface area contributed by atoms with Crippen molar-refractivity contribution in [2.45, 2.75) is 40.0 Å². The van der Waals surface area contributed by atoms with E-state index in [1.165, 1.54) is 0 Å². The van der Waals surface area contributed by atoms with E-state index in [-0.39, 0.29) is 19.8 Å². The van der Waals surface area contributed by atoms with Crippen LogP contribution >= 0.6 is 36.7 Å². The Morgan fingerprint density at radius 3 is 0.917 bits per heavy atom. The standard InChI is InChI=1S/3C5H10O2S/c3*1-2-5(8)7-4-3-6/h3*6H,2-4H2,1H3. The number of ether oxygens (including phenoxy) is 3. The van der Waals surface area contributed by atoms with Gasteiger partial charge in [-0.05, 0) is 36.7 Å². The SMILES string of the molecule is CCC(=S)OCCO.CCC(=S)OCCO.CCC(=S)OCCO. The molecule has 144 valence electrons. The second kappa shape index (κ2) is 24.8. The molecule has 0 amide bonds. The van der Waals surface area contributed by atoms with Crippen molar-refractivity contribution >= 4 is 51.8 Å². The Balaban J connectivity index is -0.000000276. The topological polar surface area (TPSA) is 88.4 Å². The highest BCUT2D eigenvalue weighted by atomic mass is 32.1. The fraction of sp³-hybridized carbons (Fsp3) is 0.800. The lowest BCUT2D eigenvalue weighted by atomic mass is 10.5. The number of hydrogen-bond acceptors (Lipinski definition) is 9. The van der Waals surface area contributed by atoms with E-state index < -0.39 is 0 Å². The largest absolute Gasteiger partial charge is 0.485 e. The molecule has 0 unspecified atom stereocenters. The molecule has 0 aliphatic heterocycles. The molecule has 0 aromatic rings. The predicted octanol–water partition coefficient (Wildman–Crippen LogP) is 2.20. The smallest absolute Gasteiger partial charge is 0.159 e. The second-order valence-corrected chi connectivity index (χ2v) is 5.26. The van der Waals surface area contributed by atoms with Crippen LogP contribution in [0.1, 0.15) is 40.0 Å². The van der Waals surface area contributed by atoms with Crippen LogP contribution in [0.3, 0.4) is 0 Å². The molecule has 0 aliphatic rings. The third kappa shape index (κ3) is 29.5. The monoisotopic (exact) mass is 402 g/mol. The maximum absolute atomic E-state index is 8.23. The van der Waals surface area contributed by atoms with E-state index in [1.807, 2.05) is 20.8 Å². The first-order chi connectivity index (χ1) is 11.4. The van der Waals surface area contributed by atoms with E-state index in [9.17, 15) is 0 Å². The van der Waals surface area contributed by atoms with Crippen LogP contribution in [0.4, 0.5) is 0 Å². The average molecular weight is 403 g/mol. The van der Waals surface area contributed by atoms with Crippen molar-refractivity contribution in [1.82, 2.24) is 0 Å². The highest BCUT2D eigenvalue weighted by Gasteiger charge is 1.90. The second-order valence-electron chi connectivity index (χ2n) is 3.89. The summed E-state index contributed by atoms with van der Waals surface area (Å²) in [6, 6.07) is 0. The van der Waals surface area contributed by atoms with Gasteiger partial charge in [-0.1, -0.05) is 20.8 Å². The van der Waals surface area contributed by atoms with E-state index in [4.69, 9.17) is 29.5 Å². The molecule has 0 radical (unpaired) electrons. The predicted molar refractivity (Wildman–Crippen MR) is 108 cm³/mol. The van der Waals surface area contributed by atoms with Crippen LogP contribution in [0.25, 0.3) is 0 Å². The molecule has 0 fully saturated rings. The number of hydrogen-bond donors (Lipinski definition) is 3. The molecule has 0 bridgehead atoms. The summed E-state index contributed by atoms with van der Waals surface area (Å²) in [6.07, 6.45) is 2.24. The number of aliphatic hydroxyl groups is 3. The zero-order chi connectivity index (χ0) is 19.2. The molecule has 0 aromatic carbocycles. The summed E-state index contributed by atoms with van der Waals surface area (Å²) in [5, 5.41) is 26.4. The lowest BCUT2D eigenvalue weighted by Gasteiger charge is -2.00. The highest BCUT2D eigenvalue weighted by molar-refractivity contribution is 7.80. The summed E-state index contributed by atoms with van der Waals surface area (Å²) in [7, 11) is 0. The molecule has 0 saturated heterocycles. The fourth-order valence-electron chi connectivity index (χ4n) is 0.785. The van der Waals surface area contributed by atoms with E-state index in [0.29, 0.717) is 35.0 Å². The summed E-state index contributed by atoms with van der Waals surface area (Å²) < 4.78 is 14.5. The fourth-order valence-corrected chi connectivity index (χ4v) is 1.03. The van der Waals surface area contributed by atoms with Crippen molar-refractivity contribution < 1.29 is 29.5 Å². The molecule has 9 heteroatoms. The molecule has 0 rings (SSSR count). The first kappa shape index (κ1) is 28.4. The average Bonchev–Trinajstić information content (AvgIpc) is 2.62. The molecule has 0 spiro atoms. The molecule has 0 atom stereocenters. The number of thiocarbonyl (C=S) groups is 3. The first-order valence-electron chi connectivity index (χ1n) is 7.72. The maximum Gasteiger partial charge on any atom is 0.159 e. The van der Waals surface area contributed by atoms with Gasteiger partial charge in [0.15, 0.2) is 15.2 Å². The minimum absolute atomic E-state index is 0.0418. The van der Waals surface area contributed by atoms with Gasteiger partial charge in [0.1, 0.15) is 19.8 Å². The molecular weight excluding hydrogens is 372 g/mol. The number of aliphatic hydroxyl groups excluding tert-OH is 3. The number of rotatable bonds is 9. The van der Waals surface area contributed by atoms with Crippen molar-refractivity contribution in [1.29, 1.82) is 0 Å². The van der Waals surface area contributed by atoms with E-state index in [1.54, 1.807) is 0 Å². The molecule has 24 heavy (non-hydrogen) atoms. The minimum atomic E-state index is 0.0418. The highest BCUT2D eigenvalue weighted by Crippen LogP contribution is 1.87. The Kier molecular flexibility index (Phi) is 29.3. The quantitative estimate of drug-likeness (QED) is 0.502. The Morgan fingerprint density at radius 1 is 0.583 bits per heavy atom. The van der Waals surface area contributed by atoms with Gasteiger partial charge in [0, 0.05) is 19.3 Å². The van der Waals surface area contributed by atoms with E-state index in [2.05, 4.69) is 36.7 Å². The summed E-state index contributed by atoms with van der Waals surface area (Å²) >= 11 is 14.1. The van der Waals surface area contributed by atoms with Crippen LogP contribution in [0, 0.1) is 0 Å². The van der Waals surface area contributed by atoms with Gasteiger partial charge in [-0.25, -0.2) is 0 Å². The zero-order valence-electron chi connectivity index (χ0n) is 14.7. The lowest BCUT2D eigenvalue weighted by molar-refractivity contribution is 0.194. The van der Waals surface area contributed by atoms with Crippen LogP contribution in [-0.4, -0.2) is 70.1 Å². The van der Waals surface area contributed by atoms with Crippen LogP contribution in [0.5, 0.6) is 0 Å². The van der Waals surface area contributed by atoms with Gasteiger partial charge in [0.2, 0.25) is 0 Å². The third-order valence-electron chi connectivity index (χ3n) is 1.93. The molecule has 3 N–H and O–H groups in total. The van der Waals surface area contributed by atoms with Crippen molar-refractivity contribution in [2.24, 2.45) is 0 Å². The van der Waals surface area contributed by atoms with Crippen molar-refractivity contribution in [3.05, 3.63) is 0 Å². The van der Waals surface area contributed by atoms with E-state index in [0.717, 1.165) is 19.3 Å². The normalized spacial score (nSPS) is 8.75. The minimum Gasteiger partial charge on any atom is -0.485 e. The van der Waals surface area contributed by atoms with Crippen molar-refractivity contribution in [3.63, 3.8) is 0 Å². The van der Waals surface area contributed by atoms with Gasteiger partial charge in [0.05, 0.1) is 19.8 Å². The van der Waals surface area contributed by atoms with Crippen LogP contribution in [-0.2, 0) is 14.2 Å². The summed E-state index contributed by atoms with van der Waals surface area (Å²) in [5.74, 6) is 0. The van der Waals surface area contributed by atoms with E-state index >= 15 is 0 Å². The first-order valence-corrected chi connectivity index (χ1v) is 8.95.